The van der Waals surface area contributed by atoms with Crippen molar-refractivity contribution in [2.75, 3.05) is 12.3 Å². The molecular formula is C19H20N2O2S. The van der Waals surface area contributed by atoms with Crippen LogP contribution in [0.2, 0.25) is 0 Å². The average Bonchev–Trinajstić information content (AvgIpc) is 2.99. The Balaban J connectivity index is 1.53. The van der Waals surface area contributed by atoms with E-state index in [9.17, 15) is 8.42 Å². The number of hydrogen-bond acceptors (Lipinski definition) is 2. The van der Waals surface area contributed by atoms with Crippen LogP contribution in [-0.2, 0) is 29.4 Å². The van der Waals surface area contributed by atoms with Gasteiger partial charge in [0.25, 0.3) is 0 Å². The quantitative estimate of drug-likeness (QED) is 0.793. The van der Waals surface area contributed by atoms with Gasteiger partial charge in [-0.15, -0.1) is 0 Å². The van der Waals surface area contributed by atoms with Crippen LogP contribution in [0.15, 0.2) is 54.6 Å². The van der Waals surface area contributed by atoms with Gasteiger partial charge in [0.2, 0.25) is 10.0 Å². The van der Waals surface area contributed by atoms with Crippen LogP contribution in [0.25, 0.3) is 10.9 Å². The lowest BCUT2D eigenvalue weighted by atomic mass is 10.1. The highest BCUT2D eigenvalue weighted by atomic mass is 32.2. The molecule has 0 saturated heterocycles. The lowest BCUT2D eigenvalue weighted by Crippen LogP contribution is -2.37. The SMILES string of the molecule is O=S(=O)(CCc1ccccc1)N1CCc2c([nH]c3ccccc23)C1. The Morgan fingerprint density at radius 1 is 1.00 bits per heavy atom. The van der Waals surface area contributed by atoms with Crippen molar-refractivity contribution < 1.29 is 8.42 Å². The van der Waals surface area contributed by atoms with Crippen LogP contribution in [0, 0.1) is 0 Å². The maximum atomic E-state index is 12.7. The van der Waals surface area contributed by atoms with Crippen LogP contribution in [0.4, 0.5) is 0 Å². The number of fused-ring (bicyclic) bond motifs is 3. The van der Waals surface area contributed by atoms with Crippen molar-refractivity contribution in [3.8, 4) is 0 Å². The molecule has 1 aromatic heterocycles. The molecule has 1 N–H and O–H groups in total. The van der Waals surface area contributed by atoms with E-state index in [1.54, 1.807) is 4.31 Å². The number of H-pyrrole nitrogens is 1. The summed E-state index contributed by atoms with van der Waals surface area (Å²) in [5, 5.41) is 1.22. The first-order chi connectivity index (χ1) is 11.6. The molecule has 24 heavy (non-hydrogen) atoms. The van der Waals surface area contributed by atoms with E-state index in [1.807, 2.05) is 48.5 Å². The zero-order chi connectivity index (χ0) is 16.6. The van der Waals surface area contributed by atoms with E-state index in [2.05, 4.69) is 11.1 Å². The number of para-hydroxylation sites is 1. The highest BCUT2D eigenvalue weighted by Gasteiger charge is 2.28. The lowest BCUT2D eigenvalue weighted by molar-refractivity contribution is 0.388. The topological polar surface area (TPSA) is 53.2 Å². The zero-order valence-electron chi connectivity index (χ0n) is 13.4. The molecule has 0 fully saturated rings. The Hall–Kier alpha value is -2.11. The van der Waals surface area contributed by atoms with Gasteiger partial charge in [0.05, 0.1) is 12.3 Å². The predicted octanol–water partition coefficient (Wildman–Crippen LogP) is 3.10. The van der Waals surface area contributed by atoms with Crippen LogP contribution in [0.5, 0.6) is 0 Å². The molecule has 124 valence electrons. The molecule has 2 aromatic carbocycles. The summed E-state index contributed by atoms with van der Waals surface area (Å²) >= 11 is 0. The first-order valence-corrected chi connectivity index (χ1v) is 9.84. The third-order valence-electron chi connectivity index (χ3n) is 4.73. The number of rotatable bonds is 4. The predicted molar refractivity (Wildman–Crippen MR) is 96.3 cm³/mol. The van der Waals surface area contributed by atoms with Gasteiger partial charge in [0, 0.05) is 23.1 Å². The van der Waals surface area contributed by atoms with Gasteiger partial charge < -0.3 is 4.98 Å². The van der Waals surface area contributed by atoms with Gasteiger partial charge in [-0.05, 0) is 30.0 Å². The van der Waals surface area contributed by atoms with Gasteiger partial charge in [0.1, 0.15) is 0 Å². The van der Waals surface area contributed by atoms with E-state index in [0.717, 1.165) is 23.2 Å². The van der Waals surface area contributed by atoms with E-state index in [-0.39, 0.29) is 5.75 Å². The Labute approximate surface area is 142 Å². The van der Waals surface area contributed by atoms with Crippen molar-refractivity contribution >= 4 is 20.9 Å². The van der Waals surface area contributed by atoms with Crippen LogP contribution >= 0.6 is 0 Å². The Morgan fingerprint density at radius 2 is 1.75 bits per heavy atom. The van der Waals surface area contributed by atoms with Crippen molar-refractivity contribution in [3.63, 3.8) is 0 Å². The molecule has 2 heterocycles. The van der Waals surface area contributed by atoms with Gasteiger partial charge in [-0.25, -0.2) is 8.42 Å². The summed E-state index contributed by atoms with van der Waals surface area (Å²) < 4.78 is 27.0. The molecule has 1 aliphatic heterocycles. The molecule has 5 heteroatoms. The fourth-order valence-electron chi connectivity index (χ4n) is 3.43. The first-order valence-electron chi connectivity index (χ1n) is 8.24. The summed E-state index contributed by atoms with van der Waals surface area (Å²) in [6.45, 7) is 1.01. The largest absolute Gasteiger partial charge is 0.357 e. The summed E-state index contributed by atoms with van der Waals surface area (Å²) in [6, 6.07) is 18.0. The normalized spacial score (nSPS) is 15.5. The molecule has 0 bridgehead atoms. The third kappa shape index (κ3) is 2.85. The smallest absolute Gasteiger partial charge is 0.214 e. The molecule has 0 spiro atoms. The number of nitrogens with zero attached hydrogens (tertiary/aromatic N) is 1. The average molecular weight is 340 g/mol. The van der Waals surface area contributed by atoms with Gasteiger partial charge in [-0.3, -0.25) is 0 Å². The number of sulfonamides is 1. The molecule has 0 atom stereocenters. The van der Waals surface area contributed by atoms with E-state index in [1.165, 1.54) is 10.9 Å². The molecule has 4 rings (SSSR count). The number of nitrogens with one attached hydrogen (secondary N) is 1. The summed E-state index contributed by atoms with van der Waals surface area (Å²) in [6.07, 6.45) is 1.32. The minimum atomic E-state index is -3.25. The van der Waals surface area contributed by atoms with E-state index in [0.29, 0.717) is 19.5 Å². The molecule has 0 saturated carbocycles. The summed E-state index contributed by atoms with van der Waals surface area (Å²) in [5.41, 5.74) is 4.45. The van der Waals surface area contributed by atoms with E-state index < -0.39 is 10.0 Å². The van der Waals surface area contributed by atoms with Gasteiger partial charge >= 0.3 is 0 Å². The number of aryl methyl sites for hydroxylation is 1. The second-order valence-corrected chi connectivity index (χ2v) is 8.35. The van der Waals surface area contributed by atoms with Crippen LogP contribution in [0.1, 0.15) is 16.8 Å². The number of aromatic amines is 1. The van der Waals surface area contributed by atoms with Gasteiger partial charge in [-0.2, -0.15) is 4.31 Å². The third-order valence-corrected chi connectivity index (χ3v) is 6.55. The summed E-state index contributed by atoms with van der Waals surface area (Å²) in [7, 11) is -3.25. The second-order valence-electron chi connectivity index (χ2n) is 6.26. The molecule has 0 aliphatic carbocycles. The highest BCUT2D eigenvalue weighted by molar-refractivity contribution is 7.89. The Kier molecular flexibility index (Phi) is 3.90. The fraction of sp³-hybridized carbons (Fsp3) is 0.263. The van der Waals surface area contributed by atoms with Crippen LogP contribution < -0.4 is 0 Å². The molecule has 1 aliphatic rings. The van der Waals surface area contributed by atoms with Crippen molar-refractivity contribution in [2.45, 2.75) is 19.4 Å². The van der Waals surface area contributed by atoms with Crippen molar-refractivity contribution in [3.05, 3.63) is 71.4 Å². The molecule has 0 radical (unpaired) electrons. The standard InChI is InChI=1S/C19H20N2O2S/c22-24(23,13-11-15-6-2-1-3-7-15)21-12-10-17-16-8-4-5-9-18(16)20-19(17)14-21/h1-9,20H,10-14H2. The molecule has 0 unspecified atom stereocenters. The number of aromatic nitrogens is 1. The molecule has 0 amide bonds. The van der Waals surface area contributed by atoms with Crippen molar-refractivity contribution in [1.29, 1.82) is 0 Å². The Bertz CT molecular complexity index is 961. The summed E-state index contributed by atoms with van der Waals surface area (Å²) in [5.74, 6) is 0.159. The first kappa shape index (κ1) is 15.4. The van der Waals surface area contributed by atoms with Crippen LogP contribution in [0.3, 0.4) is 0 Å². The summed E-state index contributed by atoms with van der Waals surface area (Å²) in [4.78, 5) is 3.39. The van der Waals surface area contributed by atoms with Gasteiger partial charge in [-0.1, -0.05) is 48.5 Å². The fourth-order valence-corrected chi connectivity index (χ4v) is 4.87. The van der Waals surface area contributed by atoms with Crippen molar-refractivity contribution in [2.24, 2.45) is 0 Å². The van der Waals surface area contributed by atoms with E-state index in [4.69, 9.17) is 0 Å². The lowest BCUT2D eigenvalue weighted by Gasteiger charge is -2.26. The highest BCUT2D eigenvalue weighted by Crippen LogP contribution is 2.28. The number of hydrogen-bond donors (Lipinski definition) is 1. The molecule has 3 aromatic rings. The number of benzene rings is 2. The van der Waals surface area contributed by atoms with Crippen molar-refractivity contribution in [1.82, 2.24) is 9.29 Å². The minimum absolute atomic E-state index is 0.159. The van der Waals surface area contributed by atoms with E-state index >= 15 is 0 Å². The monoisotopic (exact) mass is 340 g/mol. The molecule has 4 nitrogen and oxygen atoms in total. The maximum absolute atomic E-state index is 12.7. The Morgan fingerprint density at radius 3 is 2.58 bits per heavy atom. The molecular weight excluding hydrogens is 320 g/mol. The second kappa shape index (κ2) is 6.07. The van der Waals surface area contributed by atoms with Gasteiger partial charge in [0.15, 0.2) is 0 Å². The minimum Gasteiger partial charge on any atom is -0.357 e. The maximum Gasteiger partial charge on any atom is 0.214 e. The van der Waals surface area contributed by atoms with Crippen LogP contribution in [-0.4, -0.2) is 30.0 Å². The zero-order valence-corrected chi connectivity index (χ0v) is 14.2.